The number of amides is 1. The number of nitrogens with zero attached hydrogens (tertiary/aromatic N) is 2. The van der Waals surface area contributed by atoms with Gasteiger partial charge in [-0.2, -0.15) is 0 Å². The van der Waals surface area contributed by atoms with Crippen LogP contribution in [0.25, 0.3) is 0 Å². The van der Waals surface area contributed by atoms with Gasteiger partial charge in [0, 0.05) is 20.0 Å². The van der Waals surface area contributed by atoms with Gasteiger partial charge in [-0.05, 0) is 55.5 Å². The molecule has 2 N–H and O–H groups in total. The Balaban J connectivity index is 1.62. The van der Waals surface area contributed by atoms with Crippen LogP contribution in [0.5, 0.6) is 5.75 Å². The molecule has 24 heavy (non-hydrogen) atoms. The number of carbonyl (C=O) groups is 2. The minimum Gasteiger partial charge on any atom is -0.508 e. The molecule has 1 spiro atoms. The fourth-order valence-electron chi connectivity index (χ4n) is 4.07. The molecule has 1 aromatic rings. The van der Waals surface area contributed by atoms with Gasteiger partial charge in [-0.3, -0.25) is 9.69 Å². The highest BCUT2D eigenvalue weighted by molar-refractivity contribution is 5.83. The van der Waals surface area contributed by atoms with Crippen LogP contribution in [-0.4, -0.2) is 57.6 Å². The van der Waals surface area contributed by atoms with E-state index >= 15 is 0 Å². The van der Waals surface area contributed by atoms with Crippen molar-refractivity contribution in [3.05, 3.63) is 29.8 Å². The molecule has 0 bridgehead atoms. The van der Waals surface area contributed by atoms with Gasteiger partial charge in [0.15, 0.2) is 0 Å². The van der Waals surface area contributed by atoms with Gasteiger partial charge in [0.25, 0.3) is 0 Å². The highest BCUT2D eigenvalue weighted by Gasteiger charge is 2.48. The smallest absolute Gasteiger partial charge is 0.326 e. The quantitative estimate of drug-likeness (QED) is 0.880. The number of phenolic OH excluding ortho intramolecular Hbond substituents is 1. The Morgan fingerprint density at radius 1 is 1.29 bits per heavy atom. The summed E-state index contributed by atoms with van der Waals surface area (Å²) in [5.41, 5.74) is 1.01. The Kier molecular flexibility index (Phi) is 4.49. The lowest BCUT2D eigenvalue weighted by Gasteiger charge is -2.39. The molecule has 0 aliphatic carbocycles. The van der Waals surface area contributed by atoms with Crippen LogP contribution in [-0.2, 0) is 16.1 Å². The summed E-state index contributed by atoms with van der Waals surface area (Å²) in [5.74, 6) is -0.774. The van der Waals surface area contributed by atoms with E-state index in [9.17, 15) is 19.8 Å². The lowest BCUT2D eigenvalue weighted by atomic mass is 9.76. The van der Waals surface area contributed by atoms with Crippen molar-refractivity contribution in [1.82, 2.24) is 9.80 Å². The van der Waals surface area contributed by atoms with Crippen molar-refractivity contribution in [2.45, 2.75) is 38.8 Å². The van der Waals surface area contributed by atoms with Crippen molar-refractivity contribution in [2.75, 3.05) is 19.6 Å². The number of piperidine rings is 1. The number of likely N-dealkylation sites (tertiary alicyclic amines) is 2. The zero-order valence-electron chi connectivity index (χ0n) is 13.9. The molecule has 0 aromatic heterocycles. The topological polar surface area (TPSA) is 81.1 Å². The lowest BCUT2D eigenvalue weighted by Crippen LogP contribution is -2.42. The fourth-order valence-corrected chi connectivity index (χ4v) is 4.07. The molecule has 1 amide bonds. The predicted molar refractivity (Wildman–Crippen MR) is 88.5 cm³/mol. The molecule has 1 aromatic carbocycles. The molecule has 1 atom stereocenters. The Labute approximate surface area is 141 Å². The van der Waals surface area contributed by atoms with E-state index in [1.807, 2.05) is 12.1 Å². The number of aromatic hydroxyl groups is 1. The van der Waals surface area contributed by atoms with Gasteiger partial charge in [0.1, 0.15) is 11.8 Å². The number of rotatable bonds is 3. The van der Waals surface area contributed by atoms with Crippen molar-refractivity contribution >= 4 is 11.9 Å². The Bertz CT molecular complexity index is 614. The standard InChI is InChI=1S/C18H24N2O4/c1-13(21)20-12-18(10-16(20)17(23)24)5-7-19(8-6-18)11-14-3-2-4-15(22)9-14/h2-4,9,16,22H,5-8,10-12H2,1H3,(H,23,24). The summed E-state index contributed by atoms with van der Waals surface area (Å²) in [6, 6.07) is 6.60. The normalized spacial score (nSPS) is 23.5. The zero-order valence-corrected chi connectivity index (χ0v) is 13.9. The Morgan fingerprint density at radius 3 is 2.54 bits per heavy atom. The van der Waals surface area contributed by atoms with Crippen LogP contribution < -0.4 is 0 Å². The van der Waals surface area contributed by atoms with Crippen LogP contribution >= 0.6 is 0 Å². The first kappa shape index (κ1) is 16.8. The first-order valence-electron chi connectivity index (χ1n) is 8.39. The summed E-state index contributed by atoms with van der Waals surface area (Å²) < 4.78 is 0. The van der Waals surface area contributed by atoms with E-state index in [-0.39, 0.29) is 17.1 Å². The molecule has 2 fully saturated rings. The van der Waals surface area contributed by atoms with E-state index in [1.165, 1.54) is 11.8 Å². The maximum Gasteiger partial charge on any atom is 0.326 e. The highest BCUT2D eigenvalue weighted by atomic mass is 16.4. The largest absolute Gasteiger partial charge is 0.508 e. The molecule has 2 heterocycles. The van der Waals surface area contributed by atoms with Crippen molar-refractivity contribution in [2.24, 2.45) is 5.41 Å². The molecule has 1 unspecified atom stereocenters. The van der Waals surface area contributed by atoms with Crippen LogP contribution in [0, 0.1) is 5.41 Å². The summed E-state index contributed by atoms with van der Waals surface area (Å²) in [5, 5.41) is 19.0. The van der Waals surface area contributed by atoms with E-state index < -0.39 is 12.0 Å². The van der Waals surface area contributed by atoms with Gasteiger partial charge >= 0.3 is 5.97 Å². The SMILES string of the molecule is CC(=O)N1CC2(CCN(Cc3cccc(O)c3)CC2)CC1C(=O)O. The van der Waals surface area contributed by atoms with Crippen molar-refractivity contribution in [3.8, 4) is 5.75 Å². The number of carboxylic acids is 1. The molecule has 130 valence electrons. The summed E-state index contributed by atoms with van der Waals surface area (Å²) >= 11 is 0. The van der Waals surface area contributed by atoms with Gasteiger partial charge < -0.3 is 15.1 Å². The van der Waals surface area contributed by atoms with Crippen molar-refractivity contribution in [3.63, 3.8) is 0 Å². The van der Waals surface area contributed by atoms with Crippen LogP contribution in [0.2, 0.25) is 0 Å². The van der Waals surface area contributed by atoms with Crippen molar-refractivity contribution in [1.29, 1.82) is 0 Å². The molecular formula is C18H24N2O4. The zero-order chi connectivity index (χ0) is 17.3. The fraction of sp³-hybridized carbons (Fsp3) is 0.556. The number of phenols is 1. The van der Waals surface area contributed by atoms with Crippen molar-refractivity contribution < 1.29 is 19.8 Å². The molecule has 2 aliphatic rings. The highest BCUT2D eigenvalue weighted by Crippen LogP contribution is 2.43. The van der Waals surface area contributed by atoms with E-state index in [1.54, 1.807) is 12.1 Å². The van der Waals surface area contributed by atoms with E-state index in [0.29, 0.717) is 13.0 Å². The molecule has 0 saturated carbocycles. The first-order valence-corrected chi connectivity index (χ1v) is 8.39. The average Bonchev–Trinajstić information content (AvgIpc) is 2.90. The second-order valence-electron chi connectivity index (χ2n) is 7.15. The molecular weight excluding hydrogens is 308 g/mol. The van der Waals surface area contributed by atoms with Gasteiger partial charge in [-0.1, -0.05) is 12.1 Å². The van der Waals surface area contributed by atoms with Gasteiger partial charge in [0.05, 0.1) is 0 Å². The molecule has 2 aliphatic heterocycles. The third-order valence-corrected chi connectivity index (χ3v) is 5.43. The van der Waals surface area contributed by atoms with E-state index in [2.05, 4.69) is 4.90 Å². The number of hydrogen-bond donors (Lipinski definition) is 2. The summed E-state index contributed by atoms with van der Waals surface area (Å²) in [4.78, 5) is 27.1. The van der Waals surface area contributed by atoms with E-state index in [0.717, 1.165) is 38.0 Å². The maximum atomic E-state index is 11.8. The molecule has 6 heteroatoms. The number of carboxylic acid groups (broad SMARTS) is 1. The first-order chi connectivity index (χ1) is 11.4. The second-order valence-corrected chi connectivity index (χ2v) is 7.15. The monoisotopic (exact) mass is 332 g/mol. The second kappa shape index (κ2) is 6.43. The van der Waals surface area contributed by atoms with Crippen LogP contribution in [0.1, 0.15) is 31.7 Å². The lowest BCUT2D eigenvalue weighted by molar-refractivity contribution is -0.147. The summed E-state index contributed by atoms with van der Waals surface area (Å²) in [7, 11) is 0. The maximum absolute atomic E-state index is 11.8. The predicted octanol–water partition coefficient (Wildman–Crippen LogP) is 1.68. The van der Waals surface area contributed by atoms with Gasteiger partial charge in [-0.15, -0.1) is 0 Å². The number of aliphatic carboxylic acids is 1. The third-order valence-electron chi connectivity index (χ3n) is 5.43. The Hall–Kier alpha value is -2.08. The third kappa shape index (κ3) is 3.38. The number of hydrogen-bond acceptors (Lipinski definition) is 4. The van der Waals surface area contributed by atoms with Crippen LogP contribution in [0.4, 0.5) is 0 Å². The van der Waals surface area contributed by atoms with E-state index in [4.69, 9.17) is 0 Å². The minimum atomic E-state index is -0.899. The average molecular weight is 332 g/mol. The Morgan fingerprint density at radius 2 is 2.00 bits per heavy atom. The van der Waals surface area contributed by atoms with Gasteiger partial charge in [0.2, 0.25) is 5.91 Å². The minimum absolute atomic E-state index is 0.0654. The van der Waals surface area contributed by atoms with Gasteiger partial charge in [-0.25, -0.2) is 4.79 Å². The molecule has 2 saturated heterocycles. The molecule has 3 rings (SSSR count). The van der Waals surface area contributed by atoms with Crippen LogP contribution in [0.15, 0.2) is 24.3 Å². The number of benzene rings is 1. The molecule has 0 radical (unpaired) electrons. The van der Waals surface area contributed by atoms with Crippen LogP contribution in [0.3, 0.4) is 0 Å². The summed E-state index contributed by atoms with van der Waals surface area (Å²) in [6.07, 6.45) is 2.36. The number of carbonyl (C=O) groups excluding carboxylic acids is 1. The summed E-state index contributed by atoms with van der Waals surface area (Å²) in [6.45, 7) is 4.55. The molecule has 6 nitrogen and oxygen atoms in total.